The lowest BCUT2D eigenvalue weighted by Crippen LogP contribution is -2.20. The molecule has 0 aliphatic heterocycles. The molecule has 0 unspecified atom stereocenters. The molecule has 2 rings (SSSR count). The molecule has 0 aliphatic carbocycles. The molecule has 0 atom stereocenters. The molecule has 2 aromatic rings. The Bertz CT molecular complexity index is 702. The SMILES string of the molecule is CCCCc1ccc(NC(=S)Nc2cccc(OC(F)(F)F)c2)cc1. The summed E-state index contributed by atoms with van der Waals surface area (Å²) in [6, 6.07) is 13.4. The molecule has 3 nitrogen and oxygen atoms in total. The minimum absolute atomic E-state index is 0.283. The number of ether oxygens (including phenoxy) is 1. The Hall–Kier alpha value is -2.28. The highest BCUT2D eigenvalue weighted by atomic mass is 32.1. The van der Waals surface area contributed by atoms with Crippen LogP contribution in [0.3, 0.4) is 0 Å². The lowest BCUT2D eigenvalue weighted by molar-refractivity contribution is -0.274. The molecule has 134 valence electrons. The van der Waals surface area contributed by atoms with Crippen molar-refractivity contribution in [2.24, 2.45) is 0 Å². The smallest absolute Gasteiger partial charge is 0.406 e. The minimum Gasteiger partial charge on any atom is -0.406 e. The van der Waals surface area contributed by atoms with Crippen LogP contribution in [0.5, 0.6) is 5.75 Å². The van der Waals surface area contributed by atoms with Crippen molar-refractivity contribution in [1.29, 1.82) is 0 Å². The van der Waals surface area contributed by atoms with Crippen molar-refractivity contribution in [3.63, 3.8) is 0 Å². The van der Waals surface area contributed by atoms with Gasteiger partial charge in [-0.25, -0.2) is 0 Å². The van der Waals surface area contributed by atoms with Gasteiger partial charge >= 0.3 is 6.36 Å². The second-order valence-corrected chi connectivity index (χ2v) is 5.86. The van der Waals surface area contributed by atoms with E-state index in [1.165, 1.54) is 23.8 Å². The summed E-state index contributed by atoms with van der Waals surface area (Å²) in [7, 11) is 0. The largest absolute Gasteiger partial charge is 0.573 e. The standard InChI is InChI=1S/C18H19F3N2OS/c1-2-3-5-13-8-10-14(11-9-13)22-17(25)23-15-6-4-7-16(12-15)24-18(19,20)21/h4,6-12H,2-3,5H2,1H3,(H2,22,23,25). The maximum atomic E-state index is 12.3. The highest BCUT2D eigenvalue weighted by Gasteiger charge is 2.31. The number of nitrogens with one attached hydrogen (secondary N) is 2. The van der Waals surface area contributed by atoms with Crippen LogP contribution < -0.4 is 15.4 Å². The Labute approximate surface area is 150 Å². The molecule has 0 heterocycles. The summed E-state index contributed by atoms with van der Waals surface area (Å²) in [4.78, 5) is 0. The molecule has 0 aliphatic rings. The Morgan fingerprint density at radius 3 is 2.36 bits per heavy atom. The first-order valence-electron chi connectivity index (χ1n) is 7.88. The third kappa shape index (κ3) is 7.01. The predicted molar refractivity (Wildman–Crippen MR) is 98.0 cm³/mol. The number of rotatable bonds is 6. The van der Waals surface area contributed by atoms with E-state index >= 15 is 0 Å². The molecule has 0 spiro atoms. The van der Waals surface area contributed by atoms with Gasteiger partial charge in [-0.15, -0.1) is 13.2 Å². The molecule has 0 amide bonds. The van der Waals surface area contributed by atoms with Crippen LogP contribution >= 0.6 is 12.2 Å². The monoisotopic (exact) mass is 368 g/mol. The van der Waals surface area contributed by atoms with Gasteiger partial charge in [0.1, 0.15) is 5.75 Å². The molecule has 0 radical (unpaired) electrons. The molecule has 0 saturated carbocycles. The number of unbranched alkanes of at least 4 members (excludes halogenated alkanes) is 1. The number of aryl methyl sites for hydroxylation is 1. The van der Waals surface area contributed by atoms with E-state index < -0.39 is 6.36 Å². The van der Waals surface area contributed by atoms with Crippen LogP contribution in [0, 0.1) is 0 Å². The average Bonchev–Trinajstić information content (AvgIpc) is 2.53. The normalized spacial score (nSPS) is 11.0. The number of alkyl halides is 3. The van der Waals surface area contributed by atoms with Gasteiger partial charge in [0.15, 0.2) is 5.11 Å². The summed E-state index contributed by atoms with van der Waals surface area (Å²) >= 11 is 5.19. The van der Waals surface area contributed by atoms with Crippen LogP contribution in [0.15, 0.2) is 48.5 Å². The van der Waals surface area contributed by atoms with Gasteiger partial charge in [0.25, 0.3) is 0 Å². The molecule has 0 fully saturated rings. The number of hydrogen-bond acceptors (Lipinski definition) is 2. The van der Waals surface area contributed by atoms with Crippen molar-refractivity contribution in [1.82, 2.24) is 0 Å². The third-order valence-corrected chi connectivity index (χ3v) is 3.56. The summed E-state index contributed by atoms with van der Waals surface area (Å²) in [6.45, 7) is 2.15. The molecular weight excluding hydrogens is 349 g/mol. The zero-order valence-electron chi connectivity index (χ0n) is 13.7. The first-order chi connectivity index (χ1) is 11.9. The predicted octanol–water partition coefficient (Wildman–Crippen LogP) is 5.74. The first-order valence-corrected chi connectivity index (χ1v) is 8.29. The van der Waals surface area contributed by atoms with Crippen LogP contribution in [0.25, 0.3) is 0 Å². The van der Waals surface area contributed by atoms with Gasteiger partial charge in [-0.05, 0) is 54.9 Å². The van der Waals surface area contributed by atoms with Gasteiger partial charge in [0.05, 0.1) is 0 Å². The maximum absolute atomic E-state index is 12.3. The molecular formula is C18H19F3N2OS. The van der Waals surface area contributed by atoms with Crippen molar-refractivity contribution in [3.8, 4) is 5.75 Å². The number of anilines is 2. The van der Waals surface area contributed by atoms with E-state index in [0.717, 1.165) is 24.9 Å². The number of thiocarbonyl (C=S) groups is 1. The van der Waals surface area contributed by atoms with Gasteiger partial charge in [-0.1, -0.05) is 31.5 Å². The lowest BCUT2D eigenvalue weighted by atomic mass is 10.1. The lowest BCUT2D eigenvalue weighted by Gasteiger charge is -2.13. The highest BCUT2D eigenvalue weighted by molar-refractivity contribution is 7.80. The van der Waals surface area contributed by atoms with E-state index in [9.17, 15) is 13.2 Å². The second kappa shape index (κ2) is 8.71. The van der Waals surface area contributed by atoms with Crippen LogP contribution in [0.4, 0.5) is 24.5 Å². The summed E-state index contributed by atoms with van der Waals surface area (Å²) in [5.74, 6) is -0.305. The van der Waals surface area contributed by atoms with Crippen molar-refractivity contribution in [2.75, 3.05) is 10.6 Å². The molecule has 2 aromatic carbocycles. The number of benzene rings is 2. The summed E-state index contributed by atoms with van der Waals surface area (Å²) in [5, 5.41) is 6.12. The van der Waals surface area contributed by atoms with Crippen LogP contribution in [-0.4, -0.2) is 11.5 Å². The van der Waals surface area contributed by atoms with E-state index in [4.69, 9.17) is 12.2 Å². The molecule has 25 heavy (non-hydrogen) atoms. The average molecular weight is 368 g/mol. The van der Waals surface area contributed by atoms with Gasteiger partial charge < -0.3 is 15.4 Å². The Balaban J connectivity index is 1.92. The second-order valence-electron chi connectivity index (χ2n) is 5.46. The Kier molecular flexibility index (Phi) is 6.64. The van der Waals surface area contributed by atoms with Crippen molar-refractivity contribution >= 4 is 28.7 Å². The van der Waals surface area contributed by atoms with Crippen LogP contribution in [0.1, 0.15) is 25.3 Å². The van der Waals surface area contributed by atoms with Crippen molar-refractivity contribution in [3.05, 3.63) is 54.1 Å². The third-order valence-electron chi connectivity index (χ3n) is 3.36. The molecule has 2 N–H and O–H groups in total. The van der Waals surface area contributed by atoms with E-state index in [1.54, 1.807) is 6.07 Å². The summed E-state index contributed by atoms with van der Waals surface area (Å²) in [5.41, 5.74) is 2.46. The van der Waals surface area contributed by atoms with Crippen molar-refractivity contribution < 1.29 is 17.9 Å². The first kappa shape index (κ1) is 19.1. The van der Waals surface area contributed by atoms with Crippen molar-refractivity contribution in [2.45, 2.75) is 32.5 Å². The number of hydrogen-bond donors (Lipinski definition) is 2. The van der Waals surface area contributed by atoms with E-state index in [2.05, 4.69) is 22.3 Å². The zero-order chi connectivity index (χ0) is 18.3. The quantitative estimate of drug-likeness (QED) is 0.637. The minimum atomic E-state index is -4.73. The maximum Gasteiger partial charge on any atom is 0.573 e. The van der Waals surface area contributed by atoms with E-state index in [-0.39, 0.29) is 10.9 Å². The van der Waals surface area contributed by atoms with Gasteiger partial charge in [-0.2, -0.15) is 0 Å². The fourth-order valence-corrected chi connectivity index (χ4v) is 2.44. The van der Waals surface area contributed by atoms with Gasteiger partial charge in [0, 0.05) is 17.4 Å². The van der Waals surface area contributed by atoms with Crippen LogP contribution in [0.2, 0.25) is 0 Å². The zero-order valence-corrected chi connectivity index (χ0v) is 14.5. The Morgan fingerprint density at radius 2 is 1.72 bits per heavy atom. The molecule has 7 heteroatoms. The van der Waals surface area contributed by atoms with E-state index in [1.807, 2.05) is 24.3 Å². The van der Waals surface area contributed by atoms with E-state index in [0.29, 0.717) is 5.69 Å². The van der Waals surface area contributed by atoms with Gasteiger partial charge in [-0.3, -0.25) is 0 Å². The highest BCUT2D eigenvalue weighted by Crippen LogP contribution is 2.25. The fourth-order valence-electron chi connectivity index (χ4n) is 2.20. The summed E-state index contributed by atoms with van der Waals surface area (Å²) in [6.07, 6.45) is -1.41. The van der Waals surface area contributed by atoms with Crippen LogP contribution in [-0.2, 0) is 6.42 Å². The summed E-state index contributed by atoms with van der Waals surface area (Å²) < 4.78 is 40.6. The Morgan fingerprint density at radius 1 is 1.04 bits per heavy atom. The van der Waals surface area contributed by atoms with Gasteiger partial charge in [0.2, 0.25) is 0 Å². The fraction of sp³-hybridized carbons (Fsp3) is 0.278. The number of halogens is 3. The molecule has 0 aromatic heterocycles. The molecule has 0 bridgehead atoms. The topological polar surface area (TPSA) is 33.3 Å². The molecule has 0 saturated heterocycles.